The average molecular weight is 361 g/mol. The first kappa shape index (κ1) is 20.8. The van der Waals surface area contributed by atoms with Crippen molar-refractivity contribution in [2.24, 2.45) is 0 Å². The van der Waals surface area contributed by atoms with E-state index in [2.05, 4.69) is 5.32 Å². The van der Waals surface area contributed by atoms with Gasteiger partial charge >= 0.3 is 17.9 Å². The molecule has 1 aliphatic heterocycles. The summed E-state index contributed by atoms with van der Waals surface area (Å²) in [6.07, 6.45) is -4.17. The van der Waals surface area contributed by atoms with Crippen molar-refractivity contribution in [3.63, 3.8) is 0 Å². The summed E-state index contributed by atoms with van der Waals surface area (Å²) in [5, 5.41) is 2.56. The second kappa shape index (κ2) is 9.33. The second-order valence-corrected chi connectivity index (χ2v) is 5.46. The van der Waals surface area contributed by atoms with Gasteiger partial charge in [0.25, 0.3) is 0 Å². The molecule has 0 aromatic heterocycles. The van der Waals surface area contributed by atoms with Gasteiger partial charge in [-0.05, 0) is 0 Å². The molecule has 5 atom stereocenters. The number of carbonyl (C=O) groups is 4. The maximum atomic E-state index is 11.5. The number of methoxy groups -OCH3 is 1. The molecular weight excluding hydrogens is 338 g/mol. The highest BCUT2D eigenvalue weighted by atomic mass is 16.7. The Kier molecular flexibility index (Phi) is 7.78. The van der Waals surface area contributed by atoms with E-state index < -0.39 is 54.5 Å². The summed E-state index contributed by atoms with van der Waals surface area (Å²) in [5.74, 6) is -2.29. The van der Waals surface area contributed by atoms with E-state index in [1.807, 2.05) is 0 Å². The largest absolute Gasteiger partial charge is 0.463 e. The molecule has 0 radical (unpaired) electrons. The average Bonchev–Trinajstić information content (AvgIpc) is 2.48. The molecule has 0 aliphatic carbocycles. The van der Waals surface area contributed by atoms with Gasteiger partial charge in [0.15, 0.2) is 18.5 Å². The molecule has 0 aromatic carbocycles. The summed E-state index contributed by atoms with van der Waals surface area (Å²) >= 11 is 0. The van der Waals surface area contributed by atoms with Crippen LogP contribution in [-0.4, -0.2) is 68.2 Å². The van der Waals surface area contributed by atoms with Crippen molar-refractivity contribution in [1.82, 2.24) is 5.32 Å². The van der Waals surface area contributed by atoms with Gasteiger partial charge in [0.1, 0.15) is 18.8 Å². The minimum atomic E-state index is -1.11. The third-order valence-electron chi connectivity index (χ3n) is 3.30. The van der Waals surface area contributed by atoms with Crippen LogP contribution in [0.4, 0.5) is 0 Å². The van der Waals surface area contributed by atoms with Gasteiger partial charge in [-0.3, -0.25) is 19.2 Å². The molecule has 0 bridgehead atoms. The van der Waals surface area contributed by atoms with Crippen molar-refractivity contribution in [3.8, 4) is 0 Å². The number of hydrogen-bond donors (Lipinski definition) is 1. The minimum Gasteiger partial charge on any atom is -0.463 e. The Balaban J connectivity index is 3.18. The van der Waals surface area contributed by atoms with Crippen LogP contribution in [0.25, 0.3) is 0 Å². The maximum Gasteiger partial charge on any atom is 0.303 e. The molecule has 1 aliphatic rings. The van der Waals surface area contributed by atoms with Crippen molar-refractivity contribution in [3.05, 3.63) is 0 Å². The van der Waals surface area contributed by atoms with Gasteiger partial charge in [-0.2, -0.15) is 0 Å². The van der Waals surface area contributed by atoms with Crippen molar-refractivity contribution in [1.29, 1.82) is 0 Å². The van der Waals surface area contributed by atoms with E-state index in [9.17, 15) is 19.2 Å². The van der Waals surface area contributed by atoms with E-state index in [0.29, 0.717) is 0 Å². The number of nitrogens with one attached hydrogen (secondary N) is 1. The van der Waals surface area contributed by atoms with E-state index in [0.717, 1.165) is 0 Å². The molecule has 1 N–H and O–H groups in total. The number of ether oxygens (including phenoxy) is 5. The maximum absolute atomic E-state index is 11.5. The molecule has 1 saturated heterocycles. The lowest BCUT2D eigenvalue weighted by atomic mass is 9.96. The molecule has 0 spiro atoms. The van der Waals surface area contributed by atoms with Crippen LogP contribution in [0.1, 0.15) is 27.7 Å². The first-order valence-corrected chi connectivity index (χ1v) is 7.58. The molecule has 1 heterocycles. The van der Waals surface area contributed by atoms with Crippen LogP contribution in [-0.2, 0) is 42.9 Å². The fraction of sp³-hybridized carbons (Fsp3) is 0.733. The zero-order valence-corrected chi connectivity index (χ0v) is 14.8. The molecule has 25 heavy (non-hydrogen) atoms. The Morgan fingerprint density at radius 1 is 0.920 bits per heavy atom. The Morgan fingerprint density at radius 2 is 1.48 bits per heavy atom. The van der Waals surface area contributed by atoms with Crippen LogP contribution in [0.5, 0.6) is 0 Å². The number of hydrogen-bond acceptors (Lipinski definition) is 9. The van der Waals surface area contributed by atoms with Gasteiger partial charge in [-0.25, -0.2) is 0 Å². The monoisotopic (exact) mass is 361 g/mol. The summed E-state index contributed by atoms with van der Waals surface area (Å²) < 4.78 is 26.2. The van der Waals surface area contributed by atoms with E-state index in [1.54, 1.807) is 0 Å². The van der Waals surface area contributed by atoms with Crippen LogP contribution < -0.4 is 5.32 Å². The lowest BCUT2D eigenvalue weighted by Crippen LogP contribution is -2.66. The lowest BCUT2D eigenvalue weighted by molar-refractivity contribution is -0.271. The SMILES string of the molecule is COC1OC(COC(C)=O)[C@H](OC(C)=O)C(OC(C)=O)C1NC(C)=O. The normalized spacial score (nSPS) is 28.6. The quantitative estimate of drug-likeness (QED) is 0.482. The molecule has 1 fully saturated rings. The predicted octanol–water partition coefficient (Wildman–Crippen LogP) is -0.711. The topological polar surface area (TPSA) is 126 Å². The predicted molar refractivity (Wildman–Crippen MR) is 81.0 cm³/mol. The fourth-order valence-corrected chi connectivity index (χ4v) is 2.49. The molecule has 0 saturated carbocycles. The highest BCUT2D eigenvalue weighted by Gasteiger charge is 2.50. The summed E-state index contributed by atoms with van der Waals surface area (Å²) in [6, 6.07) is -0.927. The molecule has 142 valence electrons. The van der Waals surface area contributed by atoms with Gasteiger partial charge in [-0.15, -0.1) is 0 Å². The Labute approximate surface area is 145 Å². The highest BCUT2D eigenvalue weighted by Crippen LogP contribution is 2.27. The van der Waals surface area contributed by atoms with Gasteiger partial charge in [-0.1, -0.05) is 0 Å². The van der Waals surface area contributed by atoms with Gasteiger partial charge in [0.05, 0.1) is 0 Å². The van der Waals surface area contributed by atoms with Crippen LogP contribution in [0.3, 0.4) is 0 Å². The van der Waals surface area contributed by atoms with Gasteiger partial charge in [0.2, 0.25) is 5.91 Å². The van der Waals surface area contributed by atoms with Gasteiger partial charge in [0, 0.05) is 34.8 Å². The first-order valence-electron chi connectivity index (χ1n) is 7.58. The molecule has 10 heteroatoms. The number of carbonyl (C=O) groups excluding carboxylic acids is 4. The summed E-state index contributed by atoms with van der Waals surface area (Å²) in [6.45, 7) is 4.57. The Morgan fingerprint density at radius 3 is 1.92 bits per heavy atom. The van der Waals surface area contributed by atoms with Gasteiger partial charge < -0.3 is 29.0 Å². The third-order valence-corrected chi connectivity index (χ3v) is 3.30. The molecule has 1 rings (SSSR count). The molecular formula is C15H23NO9. The molecule has 0 aromatic rings. The second-order valence-electron chi connectivity index (χ2n) is 5.46. The Bertz CT molecular complexity index is 521. The van der Waals surface area contributed by atoms with Crippen molar-refractivity contribution < 1.29 is 42.9 Å². The summed E-state index contributed by atoms with van der Waals surface area (Å²) in [4.78, 5) is 45.5. The van der Waals surface area contributed by atoms with Crippen LogP contribution in [0, 0.1) is 0 Å². The Hall–Kier alpha value is -2.20. The fourth-order valence-electron chi connectivity index (χ4n) is 2.49. The minimum absolute atomic E-state index is 0.252. The van der Waals surface area contributed by atoms with E-state index in [4.69, 9.17) is 23.7 Å². The zero-order chi connectivity index (χ0) is 19.1. The third kappa shape index (κ3) is 6.31. The summed E-state index contributed by atoms with van der Waals surface area (Å²) in [5.41, 5.74) is 0. The number of esters is 3. The van der Waals surface area contributed by atoms with Crippen molar-refractivity contribution in [2.75, 3.05) is 13.7 Å². The van der Waals surface area contributed by atoms with Crippen LogP contribution in [0.2, 0.25) is 0 Å². The molecule has 1 amide bonds. The van der Waals surface area contributed by atoms with Crippen LogP contribution in [0.15, 0.2) is 0 Å². The highest BCUT2D eigenvalue weighted by molar-refractivity contribution is 5.73. The van der Waals surface area contributed by atoms with Crippen molar-refractivity contribution in [2.45, 2.75) is 58.3 Å². The molecule has 4 unspecified atom stereocenters. The standard InChI is InChI=1S/C15H23NO9/c1-7(17)16-12-14(24-10(4)20)13(23-9(3)19)11(6-22-8(2)18)25-15(12)21-5/h11-15H,6H2,1-5H3,(H,16,17)/t11?,12?,13-,14?,15?/m0/s1. The van der Waals surface area contributed by atoms with Crippen molar-refractivity contribution >= 4 is 23.8 Å². The van der Waals surface area contributed by atoms with E-state index in [-0.39, 0.29) is 6.61 Å². The van der Waals surface area contributed by atoms with E-state index in [1.165, 1.54) is 34.8 Å². The van der Waals surface area contributed by atoms with Crippen LogP contribution >= 0.6 is 0 Å². The number of amides is 1. The molecule has 10 nitrogen and oxygen atoms in total. The summed E-state index contributed by atoms with van der Waals surface area (Å²) in [7, 11) is 1.33. The lowest BCUT2D eigenvalue weighted by Gasteiger charge is -2.44. The van der Waals surface area contributed by atoms with E-state index >= 15 is 0 Å². The zero-order valence-electron chi connectivity index (χ0n) is 14.8. The smallest absolute Gasteiger partial charge is 0.303 e. The number of rotatable bonds is 6. The first-order chi connectivity index (χ1) is 11.6.